The van der Waals surface area contributed by atoms with Gasteiger partial charge in [0.25, 0.3) is 0 Å². The quantitative estimate of drug-likeness (QED) is 0.778. The van der Waals surface area contributed by atoms with Crippen LogP contribution in [0.1, 0.15) is 11.1 Å². The number of carboxylic acids is 1. The topological polar surface area (TPSA) is 81.3 Å². The number of rotatable bonds is 2. The maximum atomic E-state index is 10.4. The van der Waals surface area contributed by atoms with Crippen molar-refractivity contribution in [1.82, 2.24) is 0 Å². The molecule has 14 heavy (non-hydrogen) atoms. The van der Waals surface area contributed by atoms with Crippen LogP contribution in [-0.2, 0) is 11.2 Å². The summed E-state index contributed by atoms with van der Waals surface area (Å²) in [6.07, 6.45) is -0.365. The summed E-state index contributed by atoms with van der Waals surface area (Å²) in [5.74, 6) is -1.36. The van der Waals surface area contributed by atoms with Gasteiger partial charge in [0.15, 0.2) is 0 Å². The van der Waals surface area contributed by atoms with E-state index in [1.54, 1.807) is 6.07 Å². The molecule has 1 rings (SSSR count). The van der Waals surface area contributed by atoms with Crippen molar-refractivity contribution in [2.24, 2.45) is 0 Å². The third kappa shape index (κ3) is 2.15. The molecule has 0 bridgehead atoms. The van der Waals surface area contributed by atoms with Gasteiger partial charge in [-0.15, -0.1) is 0 Å². The Labute approximate surface area is 85.0 Å². The Morgan fingerprint density at radius 3 is 2.64 bits per heavy atom. The Balaban J connectivity index is 3.19. The average molecular weight is 212 g/mol. The van der Waals surface area contributed by atoms with Gasteiger partial charge in [-0.05, 0) is 12.1 Å². The fourth-order valence-corrected chi connectivity index (χ4v) is 1.29. The minimum absolute atomic E-state index is 0.0870. The first kappa shape index (κ1) is 10.4. The Morgan fingerprint density at radius 2 is 2.21 bits per heavy atom. The number of halogens is 1. The van der Waals surface area contributed by atoms with E-state index in [-0.39, 0.29) is 28.3 Å². The number of hydrogen-bond acceptors (Lipinski definition) is 3. The van der Waals surface area contributed by atoms with Crippen molar-refractivity contribution in [2.75, 3.05) is 0 Å². The van der Waals surface area contributed by atoms with Crippen LogP contribution in [-0.4, -0.2) is 16.2 Å². The number of benzene rings is 1. The number of carbonyl (C=O) groups is 1. The average Bonchev–Trinajstić information content (AvgIpc) is 2.10. The van der Waals surface area contributed by atoms with Crippen molar-refractivity contribution < 1.29 is 15.0 Å². The van der Waals surface area contributed by atoms with Crippen LogP contribution in [0.5, 0.6) is 5.75 Å². The van der Waals surface area contributed by atoms with E-state index in [9.17, 15) is 9.90 Å². The third-order valence-electron chi connectivity index (χ3n) is 1.63. The van der Waals surface area contributed by atoms with E-state index >= 15 is 0 Å². The largest absolute Gasteiger partial charge is 0.508 e. The molecule has 1 aromatic rings. The van der Waals surface area contributed by atoms with Crippen LogP contribution in [0.15, 0.2) is 12.1 Å². The molecule has 0 aromatic heterocycles. The number of phenols is 1. The lowest BCUT2D eigenvalue weighted by molar-refractivity contribution is -0.136. The predicted octanol–water partition coefficient (Wildman–Crippen LogP) is 1.54. The van der Waals surface area contributed by atoms with Gasteiger partial charge in [0, 0.05) is 10.6 Å². The fourth-order valence-electron chi connectivity index (χ4n) is 1.01. The highest BCUT2D eigenvalue weighted by atomic mass is 35.5. The first-order chi connectivity index (χ1) is 6.54. The normalized spacial score (nSPS) is 9.43. The molecule has 0 saturated carbocycles. The molecule has 0 amide bonds. The highest BCUT2D eigenvalue weighted by Crippen LogP contribution is 2.27. The molecule has 5 heteroatoms. The van der Waals surface area contributed by atoms with Crippen LogP contribution in [0.25, 0.3) is 0 Å². The van der Waals surface area contributed by atoms with Crippen LogP contribution in [0.2, 0.25) is 5.02 Å². The molecule has 0 saturated heterocycles. The van der Waals surface area contributed by atoms with Gasteiger partial charge < -0.3 is 10.2 Å². The van der Waals surface area contributed by atoms with E-state index in [1.165, 1.54) is 12.1 Å². The Morgan fingerprint density at radius 1 is 1.57 bits per heavy atom. The molecule has 0 aliphatic carbocycles. The molecule has 0 aliphatic rings. The van der Waals surface area contributed by atoms with E-state index in [0.29, 0.717) is 0 Å². The van der Waals surface area contributed by atoms with Crippen LogP contribution < -0.4 is 0 Å². The standard InChI is InChI=1S/C9H6ClNO3/c10-7-1-5(4-11)2-8(12)6(7)3-9(13)14/h1-2,12H,3H2,(H,13,14). The minimum atomic E-state index is -1.09. The van der Waals surface area contributed by atoms with E-state index in [1.807, 2.05) is 0 Å². The Hall–Kier alpha value is -1.73. The molecule has 72 valence electrons. The predicted molar refractivity (Wildman–Crippen MR) is 49.2 cm³/mol. The van der Waals surface area contributed by atoms with Gasteiger partial charge in [0.05, 0.1) is 18.1 Å². The van der Waals surface area contributed by atoms with Gasteiger partial charge in [-0.2, -0.15) is 5.26 Å². The molecule has 0 spiro atoms. The van der Waals surface area contributed by atoms with Gasteiger partial charge in [-0.3, -0.25) is 4.79 Å². The van der Waals surface area contributed by atoms with Gasteiger partial charge in [-0.1, -0.05) is 11.6 Å². The first-order valence-corrected chi connectivity index (χ1v) is 4.05. The summed E-state index contributed by atoms with van der Waals surface area (Å²) in [5.41, 5.74) is 0.319. The zero-order chi connectivity index (χ0) is 10.7. The summed E-state index contributed by atoms with van der Waals surface area (Å²) in [5, 5.41) is 26.5. The van der Waals surface area contributed by atoms with Crippen molar-refractivity contribution in [3.8, 4) is 11.8 Å². The lowest BCUT2D eigenvalue weighted by atomic mass is 10.1. The van der Waals surface area contributed by atoms with Crippen LogP contribution in [0, 0.1) is 11.3 Å². The van der Waals surface area contributed by atoms with Gasteiger partial charge >= 0.3 is 5.97 Å². The maximum Gasteiger partial charge on any atom is 0.308 e. The number of aliphatic carboxylic acids is 1. The number of hydrogen-bond donors (Lipinski definition) is 2. The molecule has 0 fully saturated rings. The first-order valence-electron chi connectivity index (χ1n) is 3.68. The molecule has 1 aromatic carbocycles. The molecule has 0 heterocycles. The molecule has 0 radical (unpaired) electrons. The van der Waals surface area contributed by atoms with Crippen LogP contribution in [0.4, 0.5) is 0 Å². The van der Waals surface area contributed by atoms with Gasteiger partial charge in [-0.25, -0.2) is 0 Å². The SMILES string of the molecule is N#Cc1cc(O)c(CC(=O)O)c(Cl)c1. The number of aromatic hydroxyl groups is 1. The van der Waals surface area contributed by atoms with Crippen molar-refractivity contribution in [1.29, 1.82) is 5.26 Å². The Bertz CT molecular complexity index is 400. The molecule has 0 aliphatic heterocycles. The molecular formula is C9H6ClNO3. The lowest BCUT2D eigenvalue weighted by Crippen LogP contribution is -2.01. The highest BCUT2D eigenvalue weighted by molar-refractivity contribution is 6.31. The molecule has 0 unspecified atom stereocenters. The summed E-state index contributed by atoms with van der Waals surface area (Å²) >= 11 is 5.68. The summed E-state index contributed by atoms with van der Waals surface area (Å²) < 4.78 is 0. The van der Waals surface area contributed by atoms with Crippen molar-refractivity contribution in [3.05, 3.63) is 28.3 Å². The fraction of sp³-hybridized carbons (Fsp3) is 0.111. The highest BCUT2D eigenvalue weighted by Gasteiger charge is 2.12. The van der Waals surface area contributed by atoms with Crippen LogP contribution >= 0.6 is 11.6 Å². The van der Waals surface area contributed by atoms with E-state index in [4.69, 9.17) is 22.0 Å². The number of carboxylic acid groups (broad SMARTS) is 1. The van der Waals surface area contributed by atoms with E-state index < -0.39 is 5.97 Å². The zero-order valence-corrected chi connectivity index (χ0v) is 7.75. The maximum absolute atomic E-state index is 10.4. The molecule has 0 atom stereocenters. The summed E-state index contributed by atoms with van der Waals surface area (Å²) in [6.45, 7) is 0. The van der Waals surface area contributed by atoms with Gasteiger partial charge in [0.2, 0.25) is 0 Å². The monoisotopic (exact) mass is 211 g/mol. The second-order valence-corrected chi connectivity index (χ2v) is 3.05. The van der Waals surface area contributed by atoms with E-state index in [0.717, 1.165) is 0 Å². The molecule has 2 N–H and O–H groups in total. The van der Waals surface area contributed by atoms with E-state index in [2.05, 4.69) is 0 Å². The second kappa shape index (κ2) is 3.99. The lowest BCUT2D eigenvalue weighted by Gasteiger charge is -2.04. The summed E-state index contributed by atoms with van der Waals surface area (Å²) in [7, 11) is 0. The minimum Gasteiger partial charge on any atom is -0.508 e. The molecular weight excluding hydrogens is 206 g/mol. The zero-order valence-electron chi connectivity index (χ0n) is 6.99. The molecule has 4 nitrogen and oxygen atoms in total. The third-order valence-corrected chi connectivity index (χ3v) is 1.97. The van der Waals surface area contributed by atoms with Gasteiger partial charge in [0.1, 0.15) is 5.75 Å². The smallest absolute Gasteiger partial charge is 0.308 e. The number of phenolic OH excluding ortho intramolecular Hbond substituents is 1. The Kier molecular flexibility index (Phi) is 2.95. The second-order valence-electron chi connectivity index (χ2n) is 2.64. The van der Waals surface area contributed by atoms with Crippen molar-refractivity contribution >= 4 is 17.6 Å². The number of nitriles is 1. The van der Waals surface area contributed by atoms with Crippen molar-refractivity contribution in [3.63, 3.8) is 0 Å². The van der Waals surface area contributed by atoms with Crippen molar-refractivity contribution in [2.45, 2.75) is 6.42 Å². The number of nitrogens with zero attached hydrogens (tertiary/aromatic N) is 1. The summed E-state index contributed by atoms with van der Waals surface area (Å²) in [6, 6.07) is 4.30. The summed E-state index contributed by atoms with van der Waals surface area (Å²) in [4.78, 5) is 10.4. The van der Waals surface area contributed by atoms with Crippen LogP contribution in [0.3, 0.4) is 0 Å².